The third-order valence-electron chi connectivity index (χ3n) is 5.80. The van der Waals surface area contributed by atoms with Crippen molar-refractivity contribution in [2.24, 2.45) is 0 Å². The number of rotatable bonds is 7. The first-order valence-electron chi connectivity index (χ1n) is 11.1. The Labute approximate surface area is 187 Å². The minimum atomic E-state index is -0.409. The van der Waals surface area contributed by atoms with Crippen molar-refractivity contribution in [1.82, 2.24) is 30.3 Å². The summed E-state index contributed by atoms with van der Waals surface area (Å²) in [6, 6.07) is 9.74. The van der Waals surface area contributed by atoms with Crippen molar-refractivity contribution in [3.8, 4) is 5.69 Å². The molecule has 0 atom stereocenters. The first-order valence-corrected chi connectivity index (χ1v) is 12.1. The van der Waals surface area contributed by atoms with E-state index in [1.54, 1.807) is 0 Å². The molecule has 1 aliphatic heterocycles. The van der Waals surface area contributed by atoms with E-state index in [9.17, 15) is 9.59 Å². The molecular weight excluding hydrogens is 412 g/mol. The van der Waals surface area contributed by atoms with Crippen LogP contribution in [0.25, 0.3) is 5.69 Å². The molecule has 1 aromatic heterocycles. The predicted octanol–water partition coefficient (Wildman–Crippen LogP) is 3.11. The highest BCUT2D eigenvalue weighted by Crippen LogP contribution is 2.23. The van der Waals surface area contributed by atoms with Gasteiger partial charge in [0.25, 0.3) is 0 Å². The molecule has 8 nitrogen and oxygen atoms in total. The van der Waals surface area contributed by atoms with E-state index in [2.05, 4.69) is 25.7 Å². The molecule has 0 spiro atoms. The maximum absolute atomic E-state index is 12.3. The number of carbonyl (C=O) groups excluding carboxylic acids is 2. The highest BCUT2D eigenvalue weighted by atomic mass is 32.2. The lowest BCUT2D eigenvalue weighted by atomic mass is 10.1. The molecule has 2 aliphatic rings. The van der Waals surface area contributed by atoms with Crippen LogP contribution in [0, 0.1) is 0 Å². The van der Waals surface area contributed by atoms with Crippen LogP contribution in [-0.4, -0.2) is 56.5 Å². The monoisotopic (exact) mass is 442 g/mol. The smallest absolute Gasteiger partial charge is 0.321 e. The summed E-state index contributed by atoms with van der Waals surface area (Å²) in [6.07, 6.45) is 7.93. The average Bonchev–Trinajstić information content (AvgIpc) is 3.43. The van der Waals surface area contributed by atoms with Crippen molar-refractivity contribution in [1.29, 1.82) is 0 Å². The Morgan fingerprint density at radius 3 is 2.48 bits per heavy atom. The van der Waals surface area contributed by atoms with Crippen molar-refractivity contribution in [3.63, 3.8) is 0 Å². The number of likely N-dealkylation sites (tertiary alicyclic amines) is 1. The summed E-state index contributed by atoms with van der Waals surface area (Å²) < 4.78 is 2.02. The Bertz CT molecular complexity index is 875. The van der Waals surface area contributed by atoms with Gasteiger partial charge in [0, 0.05) is 11.7 Å². The second-order valence-corrected chi connectivity index (χ2v) is 9.14. The van der Waals surface area contributed by atoms with Gasteiger partial charge in [0.05, 0.1) is 12.3 Å². The van der Waals surface area contributed by atoms with Gasteiger partial charge < -0.3 is 5.32 Å². The van der Waals surface area contributed by atoms with Gasteiger partial charge in [0.1, 0.15) is 0 Å². The largest absolute Gasteiger partial charge is 0.335 e. The molecule has 1 aromatic carbocycles. The van der Waals surface area contributed by atoms with Crippen LogP contribution in [0.5, 0.6) is 0 Å². The van der Waals surface area contributed by atoms with Crippen molar-refractivity contribution in [2.45, 2.75) is 62.7 Å². The summed E-state index contributed by atoms with van der Waals surface area (Å²) in [7, 11) is 0. The zero-order chi connectivity index (χ0) is 21.5. The molecule has 1 saturated carbocycles. The molecule has 3 amide bonds. The number of urea groups is 1. The summed E-state index contributed by atoms with van der Waals surface area (Å²) in [6.45, 7) is 2.88. The molecule has 1 saturated heterocycles. The van der Waals surface area contributed by atoms with Crippen molar-refractivity contribution < 1.29 is 9.59 Å². The number of amides is 3. The molecule has 0 unspecified atom stereocenters. The SMILES string of the molecule is O=C(CSc1nnc(CN2CCCCC2)n1-c1ccccc1)NC(=O)NC1CCCC1. The summed E-state index contributed by atoms with van der Waals surface area (Å²) in [5, 5.41) is 14.8. The lowest BCUT2D eigenvalue weighted by molar-refractivity contribution is -0.117. The standard InChI is InChI=1S/C22H30N6O2S/c29-20(24-21(30)23-17-9-5-6-10-17)16-31-22-26-25-19(15-27-13-7-2-8-14-27)28(22)18-11-3-1-4-12-18/h1,3-4,11-12,17H,2,5-10,13-16H2,(H2,23,24,29,30). The molecule has 0 radical (unpaired) electrons. The number of hydrogen-bond donors (Lipinski definition) is 2. The molecule has 2 fully saturated rings. The van der Waals surface area contributed by atoms with Gasteiger partial charge in [-0.05, 0) is 50.9 Å². The summed E-state index contributed by atoms with van der Waals surface area (Å²) in [4.78, 5) is 26.8. The van der Waals surface area contributed by atoms with E-state index in [0.29, 0.717) is 5.16 Å². The van der Waals surface area contributed by atoms with Gasteiger partial charge in [-0.1, -0.05) is 49.2 Å². The molecular formula is C22H30N6O2S. The molecule has 1 aliphatic carbocycles. The summed E-state index contributed by atoms with van der Waals surface area (Å²) in [5.41, 5.74) is 0.974. The van der Waals surface area contributed by atoms with Gasteiger partial charge in [-0.3, -0.25) is 19.6 Å². The Kier molecular flexibility index (Phi) is 7.58. The van der Waals surface area contributed by atoms with Crippen LogP contribution in [-0.2, 0) is 11.3 Å². The predicted molar refractivity (Wildman–Crippen MR) is 120 cm³/mol. The lowest BCUT2D eigenvalue weighted by Crippen LogP contribution is -2.44. The summed E-state index contributed by atoms with van der Waals surface area (Å²) in [5.74, 6) is 0.642. The van der Waals surface area contributed by atoms with E-state index >= 15 is 0 Å². The second-order valence-electron chi connectivity index (χ2n) is 8.20. The van der Waals surface area contributed by atoms with Crippen LogP contribution in [0.2, 0.25) is 0 Å². The minimum absolute atomic E-state index is 0.104. The van der Waals surface area contributed by atoms with E-state index in [-0.39, 0.29) is 17.7 Å². The number of carbonyl (C=O) groups is 2. The lowest BCUT2D eigenvalue weighted by Gasteiger charge is -2.26. The van der Waals surface area contributed by atoms with Gasteiger partial charge in [-0.15, -0.1) is 10.2 Å². The molecule has 9 heteroatoms. The normalized spacial score (nSPS) is 17.5. The quantitative estimate of drug-likeness (QED) is 0.640. The number of hydrogen-bond acceptors (Lipinski definition) is 6. The number of nitrogens with one attached hydrogen (secondary N) is 2. The molecule has 31 heavy (non-hydrogen) atoms. The first-order chi connectivity index (χ1) is 15.2. The van der Waals surface area contributed by atoms with Crippen LogP contribution in [0.3, 0.4) is 0 Å². The number of aromatic nitrogens is 3. The Morgan fingerprint density at radius 1 is 1.00 bits per heavy atom. The van der Waals surface area contributed by atoms with Gasteiger partial charge in [0.2, 0.25) is 5.91 Å². The Morgan fingerprint density at radius 2 is 1.74 bits per heavy atom. The fourth-order valence-corrected chi connectivity index (χ4v) is 5.01. The average molecular weight is 443 g/mol. The highest BCUT2D eigenvalue weighted by molar-refractivity contribution is 7.99. The number of nitrogens with zero attached hydrogens (tertiary/aromatic N) is 4. The number of imide groups is 1. The molecule has 166 valence electrons. The number of piperidine rings is 1. The van der Waals surface area contributed by atoms with Crippen LogP contribution in [0.15, 0.2) is 35.5 Å². The summed E-state index contributed by atoms with van der Waals surface area (Å²) >= 11 is 1.30. The Hall–Kier alpha value is -2.39. The van der Waals surface area contributed by atoms with E-state index in [0.717, 1.165) is 56.8 Å². The third kappa shape index (κ3) is 6.07. The maximum Gasteiger partial charge on any atom is 0.321 e. The maximum atomic E-state index is 12.3. The van der Waals surface area contributed by atoms with Gasteiger partial charge in [0.15, 0.2) is 11.0 Å². The van der Waals surface area contributed by atoms with Crippen molar-refractivity contribution >= 4 is 23.7 Å². The van der Waals surface area contributed by atoms with Crippen LogP contribution in [0.4, 0.5) is 4.79 Å². The van der Waals surface area contributed by atoms with Crippen LogP contribution >= 0.6 is 11.8 Å². The van der Waals surface area contributed by atoms with E-state index < -0.39 is 6.03 Å². The van der Waals surface area contributed by atoms with Crippen molar-refractivity contribution in [2.75, 3.05) is 18.8 Å². The molecule has 4 rings (SSSR count). The third-order valence-corrected chi connectivity index (χ3v) is 6.73. The van der Waals surface area contributed by atoms with Gasteiger partial charge >= 0.3 is 6.03 Å². The van der Waals surface area contributed by atoms with Crippen LogP contribution < -0.4 is 10.6 Å². The Balaban J connectivity index is 1.39. The number of benzene rings is 1. The second kappa shape index (κ2) is 10.8. The minimum Gasteiger partial charge on any atom is -0.335 e. The molecule has 2 aromatic rings. The topological polar surface area (TPSA) is 92.2 Å². The van der Waals surface area contributed by atoms with Gasteiger partial charge in [-0.2, -0.15) is 0 Å². The van der Waals surface area contributed by atoms with E-state index in [1.807, 2.05) is 34.9 Å². The first kappa shape index (κ1) is 21.8. The zero-order valence-corrected chi connectivity index (χ0v) is 18.6. The van der Waals surface area contributed by atoms with Gasteiger partial charge in [-0.25, -0.2) is 4.79 Å². The number of para-hydroxylation sites is 1. The van der Waals surface area contributed by atoms with E-state index in [1.165, 1.54) is 31.0 Å². The molecule has 0 bridgehead atoms. The molecule has 2 heterocycles. The van der Waals surface area contributed by atoms with E-state index in [4.69, 9.17) is 0 Å². The zero-order valence-electron chi connectivity index (χ0n) is 17.8. The van der Waals surface area contributed by atoms with Crippen LogP contribution in [0.1, 0.15) is 50.8 Å². The fourth-order valence-electron chi connectivity index (χ4n) is 4.23. The van der Waals surface area contributed by atoms with Crippen molar-refractivity contribution in [3.05, 3.63) is 36.2 Å². The fraction of sp³-hybridized carbons (Fsp3) is 0.545. The highest BCUT2D eigenvalue weighted by Gasteiger charge is 2.21. The number of thioether (sulfide) groups is 1. The molecule has 2 N–H and O–H groups in total.